The summed E-state index contributed by atoms with van der Waals surface area (Å²) >= 11 is 0. The van der Waals surface area contributed by atoms with Gasteiger partial charge in [-0.1, -0.05) is 62.7 Å². The molecule has 1 aliphatic rings. The number of aliphatic hydroxyl groups is 1. The zero-order valence-corrected chi connectivity index (χ0v) is 21.8. The third-order valence-electron chi connectivity index (χ3n) is 6.60. The van der Waals surface area contributed by atoms with Crippen LogP contribution in [-0.2, 0) is 15.0 Å². The second-order valence-electron chi connectivity index (χ2n) is 10.3. The average Bonchev–Trinajstić information content (AvgIpc) is 3.10. The van der Waals surface area contributed by atoms with Gasteiger partial charge in [0.05, 0.1) is 18.2 Å². The van der Waals surface area contributed by atoms with Crippen LogP contribution < -0.4 is 9.64 Å². The Bertz CT molecular complexity index is 1350. The number of benzene rings is 3. The summed E-state index contributed by atoms with van der Waals surface area (Å²) in [6.45, 7) is 12.5. The Balaban J connectivity index is 1.97. The highest BCUT2D eigenvalue weighted by molar-refractivity contribution is 6.51. The summed E-state index contributed by atoms with van der Waals surface area (Å²) in [4.78, 5) is 28.4. The molecular formula is C31H33NO4. The van der Waals surface area contributed by atoms with E-state index in [2.05, 4.69) is 20.8 Å². The summed E-state index contributed by atoms with van der Waals surface area (Å²) in [5.74, 6) is -0.911. The van der Waals surface area contributed by atoms with Gasteiger partial charge >= 0.3 is 0 Å². The maximum absolute atomic E-state index is 13.5. The van der Waals surface area contributed by atoms with Crippen LogP contribution in [0.4, 0.5) is 5.69 Å². The minimum absolute atomic E-state index is 0.0726. The van der Waals surface area contributed by atoms with Crippen molar-refractivity contribution >= 4 is 23.1 Å². The number of carbonyl (C=O) groups excluding carboxylic acids is 2. The summed E-state index contributed by atoms with van der Waals surface area (Å²) in [7, 11) is 0. The van der Waals surface area contributed by atoms with Gasteiger partial charge in [-0.25, -0.2) is 0 Å². The fraction of sp³-hybridized carbons (Fsp3) is 0.290. The normalized spacial score (nSPS) is 17.5. The summed E-state index contributed by atoms with van der Waals surface area (Å²) in [5, 5.41) is 11.6. The van der Waals surface area contributed by atoms with Gasteiger partial charge < -0.3 is 9.84 Å². The summed E-state index contributed by atoms with van der Waals surface area (Å²) < 4.78 is 5.70. The van der Waals surface area contributed by atoms with Crippen LogP contribution in [0.5, 0.6) is 5.75 Å². The Hall–Kier alpha value is -3.86. The van der Waals surface area contributed by atoms with Gasteiger partial charge in [-0.3, -0.25) is 14.5 Å². The SMILES string of the molecule is CCOc1cccc(C2/C(=C(\O)c3cc(C(C)(C)C)ccc3C)C(=O)C(=O)N2c2ccc(C)cc2)c1. The molecule has 1 aliphatic heterocycles. The van der Waals surface area contributed by atoms with Gasteiger partial charge in [0.2, 0.25) is 0 Å². The Morgan fingerprint density at radius 1 is 0.972 bits per heavy atom. The zero-order chi connectivity index (χ0) is 26.2. The molecule has 4 rings (SSSR count). The van der Waals surface area contributed by atoms with Crippen molar-refractivity contribution in [3.63, 3.8) is 0 Å². The van der Waals surface area contributed by atoms with Crippen LogP contribution in [0.3, 0.4) is 0 Å². The van der Waals surface area contributed by atoms with Crippen molar-refractivity contribution in [3.8, 4) is 5.75 Å². The van der Waals surface area contributed by atoms with Crippen molar-refractivity contribution in [2.45, 2.75) is 53.0 Å². The number of nitrogens with zero attached hydrogens (tertiary/aromatic N) is 1. The molecule has 1 N–H and O–H groups in total. The smallest absolute Gasteiger partial charge is 0.300 e. The number of amides is 1. The molecule has 0 saturated carbocycles. The molecule has 186 valence electrons. The molecule has 1 saturated heterocycles. The molecule has 1 heterocycles. The first-order valence-electron chi connectivity index (χ1n) is 12.2. The number of rotatable bonds is 5. The zero-order valence-electron chi connectivity index (χ0n) is 21.8. The number of hydrogen-bond acceptors (Lipinski definition) is 4. The number of ether oxygens (including phenoxy) is 1. The van der Waals surface area contributed by atoms with Gasteiger partial charge in [-0.2, -0.15) is 0 Å². The topological polar surface area (TPSA) is 66.8 Å². The number of ketones is 1. The minimum atomic E-state index is -0.800. The van der Waals surface area contributed by atoms with Crippen molar-refractivity contribution < 1.29 is 19.4 Å². The molecule has 0 radical (unpaired) electrons. The highest BCUT2D eigenvalue weighted by Gasteiger charge is 2.47. The van der Waals surface area contributed by atoms with E-state index < -0.39 is 17.7 Å². The highest BCUT2D eigenvalue weighted by atomic mass is 16.5. The van der Waals surface area contributed by atoms with Gasteiger partial charge in [0, 0.05) is 11.3 Å². The number of anilines is 1. The lowest BCUT2D eigenvalue weighted by atomic mass is 9.84. The lowest BCUT2D eigenvalue weighted by Crippen LogP contribution is -2.29. The van der Waals surface area contributed by atoms with Crippen LogP contribution in [0, 0.1) is 13.8 Å². The van der Waals surface area contributed by atoms with E-state index in [-0.39, 0.29) is 16.7 Å². The maximum Gasteiger partial charge on any atom is 0.300 e. The molecule has 1 amide bonds. The first kappa shape index (κ1) is 25.2. The molecule has 3 aromatic rings. The van der Waals surface area contributed by atoms with E-state index in [9.17, 15) is 14.7 Å². The Kier molecular flexibility index (Phi) is 6.77. The molecule has 1 fully saturated rings. The molecule has 0 bridgehead atoms. The number of hydrogen-bond donors (Lipinski definition) is 1. The van der Waals surface area contributed by atoms with E-state index in [0.29, 0.717) is 29.2 Å². The molecule has 36 heavy (non-hydrogen) atoms. The molecule has 3 aromatic carbocycles. The molecule has 5 nitrogen and oxygen atoms in total. The van der Waals surface area contributed by atoms with Gasteiger partial charge in [0.15, 0.2) is 0 Å². The van der Waals surface area contributed by atoms with E-state index in [1.54, 1.807) is 0 Å². The van der Waals surface area contributed by atoms with E-state index >= 15 is 0 Å². The van der Waals surface area contributed by atoms with E-state index in [1.165, 1.54) is 4.90 Å². The van der Waals surface area contributed by atoms with E-state index in [0.717, 1.165) is 16.7 Å². The summed E-state index contributed by atoms with van der Waals surface area (Å²) in [6, 6.07) is 19.9. The Morgan fingerprint density at radius 3 is 2.31 bits per heavy atom. The molecule has 0 aromatic heterocycles. The van der Waals surface area contributed by atoms with Gasteiger partial charge in [-0.05, 0) is 73.2 Å². The first-order chi connectivity index (χ1) is 17.0. The first-order valence-corrected chi connectivity index (χ1v) is 12.2. The minimum Gasteiger partial charge on any atom is -0.507 e. The predicted octanol–water partition coefficient (Wildman–Crippen LogP) is 6.63. The van der Waals surface area contributed by atoms with Gasteiger partial charge in [0.25, 0.3) is 11.7 Å². The van der Waals surface area contributed by atoms with E-state index in [1.807, 2.05) is 87.5 Å². The number of aliphatic hydroxyl groups excluding tert-OH is 1. The standard InChI is InChI=1S/C31H33NO4/c1-7-36-24-10-8-9-21(17-24)27-26(28(33)25-18-22(31(4,5)6)14-13-20(25)3)29(34)30(35)32(27)23-15-11-19(2)12-16-23/h8-18,27,33H,7H2,1-6H3/b28-26+. The van der Waals surface area contributed by atoms with Crippen molar-refractivity contribution in [2.75, 3.05) is 11.5 Å². The highest BCUT2D eigenvalue weighted by Crippen LogP contribution is 2.43. The third-order valence-corrected chi connectivity index (χ3v) is 6.60. The molecule has 1 unspecified atom stereocenters. The predicted molar refractivity (Wildman–Crippen MR) is 143 cm³/mol. The van der Waals surface area contributed by atoms with E-state index in [4.69, 9.17) is 4.74 Å². The maximum atomic E-state index is 13.5. The van der Waals surface area contributed by atoms with Gasteiger partial charge in [0.1, 0.15) is 11.5 Å². The van der Waals surface area contributed by atoms with Crippen LogP contribution in [0.1, 0.15) is 61.6 Å². The summed E-state index contributed by atoms with van der Waals surface area (Å²) in [6.07, 6.45) is 0. The fourth-order valence-corrected chi connectivity index (χ4v) is 4.55. The van der Waals surface area contributed by atoms with Crippen LogP contribution in [0.25, 0.3) is 5.76 Å². The van der Waals surface area contributed by atoms with Crippen molar-refractivity contribution in [1.29, 1.82) is 0 Å². The quantitative estimate of drug-likeness (QED) is 0.251. The monoisotopic (exact) mass is 483 g/mol. The second kappa shape index (κ2) is 9.65. The average molecular weight is 484 g/mol. The van der Waals surface area contributed by atoms with Crippen LogP contribution in [0.15, 0.2) is 72.3 Å². The van der Waals surface area contributed by atoms with Crippen molar-refractivity contribution in [2.24, 2.45) is 0 Å². The number of carbonyl (C=O) groups is 2. The molecule has 0 spiro atoms. The Labute approximate surface area is 213 Å². The van der Waals surface area contributed by atoms with Crippen LogP contribution in [0.2, 0.25) is 0 Å². The van der Waals surface area contributed by atoms with Crippen molar-refractivity contribution in [1.82, 2.24) is 0 Å². The van der Waals surface area contributed by atoms with Gasteiger partial charge in [-0.15, -0.1) is 0 Å². The summed E-state index contributed by atoms with van der Waals surface area (Å²) in [5.41, 5.74) is 4.64. The second-order valence-corrected chi connectivity index (χ2v) is 10.3. The largest absolute Gasteiger partial charge is 0.507 e. The molecule has 0 aliphatic carbocycles. The molecular weight excluding hydrogens is 450 g/mol. The van der Waals surface area contributed by atoms with Crippen LogP contribution >= 0.6 is 0 Å². The van der Waals surface area contributed by atoms with Crippen molar-refractivity contribution in [3.05, 3.63) is 100 Å². The van der Waals surface area contributed by atoms with Crippen LogP contribution in [-0.4, -0.2) is 23.4 Å². The number of Topliss-reactive ketones (excluding diaryl/α,β-unsaturated/α-hetero) is 1. The number of aryl methyl sites for hydroxylation is 2. The Morgan fingerprint density at radius 2 is 1.67 bits per heavy atom. The third kappa shape index (κ3) is 4.66. The lowest BCUT2D eigenvalue weighted by Gasteiger charge is -2.26. The molecule has 5 heteroatoms. The lowest BCUT2D eigenvalue weighted by molar-refractivity contribution is -0.132. The molecule has 1 atom stereocenters. The fourth-order valence-electron chi connectivity index (χ4n) is 4.55.